The summed E-state index contributed by atoms with van der Waals surface area (Å²) >= 11 is 0. The van der Waals surface area contributed by atoms with Crippen molar-refractivity contribution in [3.63, 3.8) is 0 Å². The zero-order valence-electron chi connectivity index (χ0n) is 15.5. The van der Waals surface area contributed by atoms with Gasteiger partial charge in [0.15, 0.2) is 0 Å². The van der Waals surface area contributed by atoms with Gasteiger partial charge in [-0.3, -0.25) is 4.79 Å². The predicted octanol–water partition coefficient (Wildman–Crippen LogP) is 3.66. The van der Waals surface area contributed by atoms with Gasteiger partial charge in [0.05, 0.1) is 25.9 Å². The fraction of sp³-hybridized carbons (Fsp3) is 0.381. The van der Waals surface area contributed by atoms with E-state index in [0.29, 0.717) is 19.8 Å². The maximum Gasteiger partial charge on any atom is 0.226 e. The summed E-state index contributed by atoms with van der Waals surface area (Å²) in [6, 6.07) is 16.9. The van der Waals surface area contributed by atoms with Crippen molar-refractivity contribution in [3.8, 4) is 0 Å². The summed E-state index contributed by atoms with van der Waals surface area (Å²) in [5.41, 5.74) is 8.80. The number of nitrogens with one attached hydrogen (secondary N) is 1. The number of hydrogen-bond donors (Lipinski definition) is 2. The lowest BCUT2D eigenvalue weighted by Gasteiger charge is -2.13. The molecule has 0 fully saturated rings. The maximum atomic E-state index is 12.2. The molecule has 0 bridgehead atoms. The first-order valence-electron chi connectivity index (χ1n) is 8.93. The summed E-state index contributed by atoms with van der Waals surface area (Å²) in [6.45, 7) is 5.59. The van der Waals surface area contributed by atoms with E-state index in [1.165, 1.54) is 0 Å². The lowest BCUT2D eigenvalue weighted by Crippen LogP contribution is -2.20. The zero-order valence-corrected chi connectivity index (χ0v) is 15.5. The Bertz CT molecular complexity index is 674. The summed E-state index contributed by atoms with van der Waals surface area (Å²) in [4.78, 5) is 12.2. The number of hydrogen-bond acceptors (Lipinski definition) is 4. The Labute approximate surface area is 155 Å². The third-order valence-electron chi connectivity index (χ3n) is 3.79. The van der Waals surface area contributed by atoms with Gasteiger partial charge in [-0.2, -0.15) is 0 Å². The van der Waals surface area contributed by atoms with Crippen molar-refractivity contribution in [1.82, 2.24) is 0 Å². The van der Waals surface area contributed by atoms with Gasteiger partial charge in [-0.1, -0.05) is 42.5 Å². The SMILES string of the molecule is CC(C)OCCOCc1cccc(NC(=O)CC(N)c2ccccc2)c1. The molecule has 0 saturated heterocycles. The van der Waals surface area contributed by atoms with Crippen LogP contribution in [0.3, 0.4) is 0 Å². The molecule has 0 saturated carbocycles. The fourth-order valence-electron chi connectivity index (χ4n) is 2.50. The zero-order chi connectivity index (χ0) is 18.8. The minimum absolute atomic E-state index is 0.107. The van der Waals surface area contributed by atoms with E-state index >= 15 is 0 Å². The number of rotatable bonds is 10. The summed E-state index contributed by atoms with van der Waals surface area (Å²) in [5.74, 6) is -0.107. The molecule has 0 aliphatic heterocycles. The smallest absolute Gasteiger partial charge is 0.226 e. The van der Waals surface area contributed by atoms with E-state index in [1.54, 1.807) is 0 Å². The van der Waals surface area contributed by atoms with E-state index in [-0.39, 0.29) is 24.5 Å². The molecule has 1 atom stereocenters. The van der Waals surface area contributed by atoms with Gasteiger partial charge in [-0.15, -0.1) is 0 Å². The molecule has 5 heteroatoms. The van der Waals surface area contributed by atoms with Crippen LogP contribution in [0.5, 0.6) is 0 Å². The molecular weight excluding hydrogens is 328 g/mol. The Hall–Kier alpha value is -2.21. The highest BCUT2D eigenvalue weighted by Gasteiger charge is 2.11. The number of anilines is 1. The third kappa shape index (κ3) is 7.35. The van der Waals surface area contributed by atoms with Crippen molar-refractivity contribution in [2.24, 2.45) is 5.73 Å². The van der Waals surface area contributed by atoms with Gasteiger partial charge in [0.1, 0.15) is 0 Å². The van der Waals surface area contributed by atoms with Crippen LogP contribution in [0, 0.1) is 0 Å². The van der Waals surface area contributed by atoms with E-state index in [0.717, 1.165) is 16.8 Å². The first kappa shape index (κ1) is 20.1. The van der Waals surface area contributed by atoms with Crippen LogP contribution in [0.1, 0.15) is 37.4 Å². The van der Waals surface area contributed by atoms with E-state index in [9.17, 15) is 4.79 Å². The lowest BCUT2D eigenvalue weighted by atomic mass is 10.0. The molecule has 0 aromatic heterocycles. The van der Waals surface area contributed by atoms with Crippen LogP contribution in [0.15, 0.2) is 54.6 Å². The van der Waals surface area contributed by atoms with Crippen molar-refractivity contribution >= 4 is 11.6 Å². The monoisotopic (exact) mass is 356 g/mol. The molecule has 2 rings (SSSR count). The fourth-order valence-corrected chi connectivity index (χ4v) is 2.50. The summed E-state index contributed by atoms with van der Waals surface area (Å²) in [7, 11) is 0. The van der Waals surface area contributed by atoms with Crippen LogP contribution in [-0.2, 0) is 20.9 Å². The summed E-state index contributed by atoms with van der Waals surface area (Å²) in [5, 5.41) is 2.90. The van der Waals surface area contributed by atoms with Crippen molar-refractivity contribution in [3.05, 3.63) is 65.7 Å². The molecule has 26 heavy (non-hydrogen) atoms. The Morgan fingerprint density at radius 1 is 1.08 bits per heavy atom. The molecule has 0 aliphatic carbocycles. The Balaban J connectivity index is 1.79. The number of nitrogens with two attached hydrogens (primary N) is 1. The van der Waals surface area contributed by atoms with Gasteiger partial charge in [0.2, 0.25) is 5.91 Å². The number of ether oxygens (including phenoxy) is 2. The van der Waals surface area contributed by atoms with Gasteiger partial charge in [0.25, 0.3) is 0 Å². The minimum atomic E-state index is -0.316. The molecule has 1 unspecified atom stereocenters. The van der Waals surface area contributed by atoms with Crippen LogP contribution in [0.4, 0.5) is 5.69 Å². The first-order valence-corrected chi connectivity index (χ1v) is 8.93. The number of carbonyl (C=O) groups excluding carboxylic acids is 1. The highest BCUT2D eigenvalue weighted by molar-refractivity contribution is 5.91. The van der Waals surface area contributed by atoms with Crippen molar-refractivity contribution < 1.29 is 14.3 Å². The average molecular weight is 356 g/mol. The van der Waals surface area contributed by atoms with Crippen molar-refractivity contribution in [2.75, 3.05) is 18.5 Å². The molecule has 0 radical (unpaired) electrons. The van der Waals surface area contributed by atoms with Gasteiger partial charge >= 0.3 is 0 Å². The maximum absolute atomic E-state index is 12.2. The molecule has 0 heterocycles. The molecule has 2 aromatic rings. The second-order valence-corrected chi connectivity index (χ2v) is 6.44. The van der Waals surface area contributed by atoms with Crippen LogP contribution >= 0.6 is 0 Å². The number of benzene rings is 2. The largest absolute Gasteiger partial charge is 0.376 e. The molecular formula is C21H28N2O3. The van der Waals surface area contributed by atoms with E-state index in [1.807, 2.05) is 68.4 Å². The van der Waals surface area contributed by atoms with E-state index in [2.05, 4.69) is 5.32 Å². The second kappa shape index (κ2) is 10.7. The summed E-state index contributed by atoms with van der Waals surface area (Å²) < 4.78 is 11.0. The third-order valence-corrected chi connectivity index (χ3v) is 3.79. The highest BCUT2D eigenvalue weighted by atomic mass is 16.5. The lowest BCUT2D eigenvalue weighted by molar-refractivity contribution is -0.116. The number of amides is 1. The predicted molar refractivity (Wildman–Crippen MR) is 104 cm³/mol. The normalized spacial score (nSPS) is 12.2. The van der Waals surface area contributed by atoms with E-state index in [4.69, 9.17) is 15.2 Å². The van der Waals surface area contributed by atoms with Crippen molar-refractivity contribution in [2.45, 2.75) is 39.0 Å². The molecule has 140 valence electrons. The van der Waals surface area contributed by atoms with Gasteiger partial charge in [0, 0.05) is 18.2 Å². The molecule has 0 aliphatic rings. The average Bonchev–Trinajstić information content (AvgIpc) is 2.62. The summed E-state index contributed by atoms with van der Waals surface area (Å²) in [6.07, 6.45) is 0.441. The van der Waals surface area contributed by atoms with Gasteiger partial charge in [-0.25, -0.2) is 0 Å². The van der Waals surface area contributed by atoms with Gasteiger partial charge in [-0.05, 0) is 37.1 Å². The highest BCUT2D eigenvalue weighted by Crippen LogP contribution is 2.16. The molecule has 2 aromatic carbocycles. The van der Waals surface area contributed by atoms with Crippen LogP contribution in [0.2, 0.25) is 0 Å². The quantitative estimate of drug-likeness (QED) is 0.637. The van der Waals surface area contributed by atoms with Crippen molar-refractivity contribution in [1.29, 1.82) is 0 Å². The Morgan fingerprint density at radius 2 is 1.85 bits per heavy atom. The first-order chi connectivity index (χ1) is 12.5. The van der Waals surface area contributed by atoms with Crippen LogP contribution in [0.25, 0.3) is 0 Å². The van der Waals surface area contributed by atoms with Crippen LogP contribution < -0.4 is 11.1 Å². The minimum Gasteiger partial charge on any atom is -0.376 e. The Morgan fingerprint density at radius 3 is 2.58 bits per heavy atom. The standard InChI is InChI=1S/C21H28N2O3/c1-16(2)26-12-11-25-15-17-7-6-10-19(13-17)23-21(24)14-20(22)18-8-4-3-5-9-18/h3-10,13,16,20H,11-12,14-15,22H2,1-2H3,(H,23,24). The van der Waals surface area contributed by atoms with Gasteiger partial charge < -0.3 is 20.5 Å². The molecule has 0 spiro atoms. The topological polar surface area (TPSA) is 73.6 Å². The molecule has 1 amide bonds. The van der Waals surface area contributed by atoms with E-state index < -0.39 is 0 Å². The molecule has 3 N–H and O–H groups in total. The van der Waals surface area contributed by atoms with Crippen LogP contribution in [-0.4, -0.2) is 25.2 Å². The second-order valence-electron chi connectivity index (χ2n) is 6.44. The number of carbonyl (C=O) groups is 1. The Kier molecular flexibility index (Phi) is 8.28. The molecule has 5 nitrogen and oxygen atoms in total.